The highest BCUT2D eigenvalue weighted by atomic mass is 79.9. The number of nitriles is 1. The first kappa shape index (κ1) is 74.5. The summed E-state index contributed by atoms with van der Waals surface area (Å²) in [5, 5.41) is 15.2. The molecule has 4 fully saturated rings. The lowest BCUT2D eigenvalue weighted by atomic mass is 9.90. The van der Waals surface area contributed by atoms with E-state index in [1.165, 1.54) is 11.3 Å². The van der Waals surface area contributed by atoms with E-state index >= 15 is 0 Å². The van der Waals surface area contributed by atoms with E-state index in [0.717, 1.165) is 130 Å². The van der Waals surface area contributed by atoms with Crippen LogP contribution in [-0.4, -0.2) is 155 Å². The Hall–Kier alpha value is -6.54. The van der Waals surface area contributed by atoms with E-state index in [2.05, 4.69) is 95.5 Å². The number of aryl methyl sites for hydroxylation is 2. The van der Waals surface area contributed by atoms with Crippen molar-refractivity contribution in [1.29, 1.82) is 5.26 Å². The van der Waals surface area contributed by atoms with E-state index < -0.39 is 5.60 Å². The van der Waals surface area contributed by atoms with Gasteiger partial charge in [-0.1, -0.05) is 61.6 Å². The molecule has 9 rings (SSSR count). The number of carbonyl (C=O) groups is 2. The first-order chi connectivity index (χ1) is 36.6. The average Bonchev–Trinajstić information content (AvgIpc) is 3.39. The summed E-state index contributed by atoms with van der Waals surface area (Å²) in [4.78, 5) is 53.3. The number of rotatable bonds is 3. The van der Waals surface area contributed by atoms with Gasteiger partial charge in [0.25, 0.3) is 0 Å². The molecule has 450 valence electrons. The molecule has 4 aliphatic heterocycles. The number of nitrogens with two attached hydrogens (primary N) is 3. The van der Waals surface area contributed by atoms with Crippen LogP contribution in [0, 0.1) is 25.3 Å². The predicted octanol–water partition coefficient (Wildman–Crippen LogP) is 10.8. The van der Waals surface area contributed by atoms with E-state index in [0.29, 0.717) is 23.4 Å². The van der Waals surface area contributed by atoms with Crippen LogP contribution in [0.15, 0.2) is 101 Å². The number of halogens is 2. The fraction of sp³-hybridized carbons (Fsp3) is 0.525. The van der Waals surface area contributed by atoms with Crippen molar-refractivity contribution in [3.63, 3.8) is 0 Å². The number of ether oxygens (including phenoxy) is 2. The molecule has 0 aromatic carbocycles. The predicted molar refractivity (Wildman–Crippen MR) is 341 cm³/mol. The highest BCUT2D eigenvalue weighted by Crippen LogP contribution is 2.29. The van der Waals surface area contributed by atoms with E-state index in [-0.39, 0.29) is 47.5 Å². The summed E-state index contributed by atoms with van der Waals surface area (Å²) >= 11 is 6.56. The highest BCUT2D eigenvalue weighted by molar-refractivity contribution is 9.10. The molecule has 0 bridgehead atoms. The molecule has 8 N–H and O–H groups in total. The number of aromatic nitrogens is 5. The molecule has 22 heteroatoms. The Labute approximate surface area is 502 Å². The second kappa shape index (κ2) is 38.2. The average molecular weight is 1250 g/mol. The Morgan fingerprint density at radius 2 is 0.926 bits per heavy atom. The zero-order valence-corrected chi connectivity index (χ0v) is 49.3. The summed E-state index contributed by atoms with van der Waals surface area (Å²) in [6.45, 7) is 27.5. The molecule has 5 aromatic rings. The molecule has 0 atom stereocenters. The van der Waals surface area contributed by atoms with Crippen LogP contribution < -0.4 is 37.6 Å². The van der Waals surface area contributed by atoms with Gasteiger partial charge in [0.1, 0.15) is 28.7 Å². The van der Waals surface area contributed by atoms with Crippen LogP contribution in [-0.2, 0) is 9.47 Å². The summed E-state index contributed by atoms with van der Waals surface area (Å²) in [6.07, 6.45) is 12.5. The van der Waals surface area contributed by atoms with Crippen LogP contribution in [0.2, 0.25) is 0 Å². The van der Waals surface area contributed by atoms with Gasteiger partial charge in [-0.15, -0.1) is 0 Å². The fourth-order valence-corrected chi connectivity index (χ4v) is 8.71. The fourth-order valence-electron chi connectivity index (χ4n) is 7.90. The molecule has 0 aliphatic carbocycles. The number of anilines is 5. The number of pyridine rings is 5. The number of hydrogen-bond acceptors (Lipinski definition) is 18. The van der Waals surface area contributed by atoms with Crippen LogP contribution in [0.25, 0.3) is 0 Å². The summed E-state index contributed by atoms with van der Waals surface area (Å²) in [6, 6.07) is 19.4. The molecule has 2 amide bonds. The van der Waals surface area contributed by atoms with Gasteiger partial charge in [0, 0.05) is 166 Å². The van der Waals surface area contributed by atoms with E-state index in [4.69, 9.17) is 31.9 Å². The number of nitrogen functional groups attached to an aromatic ring is 3. The zero-order chi connectivity index (χ0) is 56.4. The molecule has 0 spiro atoms. The molecule has 20 nitrogen and oxygen atoms in total. The smallest absolute Gasteiger partial charge is 0.410 e. The Morgan fingerprint density at radius 1 is 0.543 bits per heavy atom. The number of nitrogens with zero attached hydrogens (tertiary/aromatic N) is 11. The first-order valence-electron chi connectivity index (χ1n) is 25.9. The molecule has 0 saturated carbocycles. The SMILES string of the molecule is C.C.C.C.CC(C)(C)OC(=O)N1CCNCC1.Cc1cc(Br)ccn1.Cc1cc(C2CCN(C(=O)OC(C)(C)C)CC2)ccn1.N#CN1CCN(c2ccnc(N)c2)CC1.Nc1cc(Br)ccn1.Nc1cc(N2CCNCC2)ccn1. The summed E-state index contributed by atoms with van der Waals surface area (Å²) in [5.74, 6) is 2.20. The van der Waals surface area contributed by atoms with Crippen molar-refractivity contribution in [3.05, 3.63) is 118 Å². The lowest BCUT2D eigenvalue weighted by Crippen LogP contribution is -2.48. The molecule has 4 aliphatic rings. The van der Waals surface area contributed by atoms with Crippen LogP contribution >= 0.6 is 31.9 Å². The van der Waals surface area contributed by atoms with E-state index in [1.807, 2.05) is 109 Å². The van der Waals surface area contributed by atoms with Crippen LogP contribution in [0.5, 0.6) is 0 Å². The van der Waals surface area contributed by atoms with Crippen molar-refractivity contribution in [2.24, 2.45) is 0 Å². The summed E-state index contributed by atoms with van der Waals surface area (Å²) in [5.41, 5.74) is 21.4. The maximum absolute atomic E-state index is 12.0. The van der Waals surface area contributed by atoms with Crippen molar-refractivity contribution in [2.75, 3.05) is 119 Å². The van der Waals surface area contributed by atoms with Crippen molar-refractivity contribution < 1.29 is 19.1 Å². The molecule has 0 unspecified atom stereocenters. The van der Waals surface area contributed by atoms with Crippen LogP contribution in [0.4, 0.5) is 38.4 Å². The van der Waals surface area contributed by atoms with Gasteiger partial charge in [-0.3, -0.25) is 9.97 Å². The summed E-state index contributed by atoms with van der Waals surface area (Å²) < 4.78 is 12.7. The topological polar surface area (TPSA) is 259 Å². The minimum atomic E-state index is -0.420. The van der Waals surface area contributed by atoms with E-state index in [9.17, 15) is 9.59 Å². The molecule has 9 heterocycles. The lowest BCUT2D eigenvalue weighted by molar-refractivity contribution is 0.0201. The van der Waals surface area contributed by atoms with Gasteiger partial charge in [0.2, 0.25) is 0 Å². The Kier molecular flexibility index (Phi) is 35.1. The third kappa shape index (κ3) is 30.2. The molecular formula is C59H96Br2N16O4. The number of likely N-dealkylation sites (tertiary alicyclic amines) is 1. The number of piperazine rings is 3. The largest absolute Gasteiger partial charge is 0.444 e. The Balaban J connectivity index is 0.000000962. The van der Waals surface area contributed by atoms with Crippen molar-refractivity contribution in [2.45, 2.75) is 115 Å². The Bertz CT molecular complexity index is 2510. The third-order valence-corrected chi connectivity index (χ3v) is 12.7. The van der Waals surface area contributed by atoms with Crippen LogP contribution in [0.1, 0.15) is 107 Å². The number of piperidine rings is 1. The van der Waals surface area contributed by atoms with Gasteiger partial charge in [0.05, 0.1) is 0 Å². The highest BCUT2D eigenvalue weighted by Gasteiger charge is 2.28. The maximum atomic E-state index is 12.0. The van der Waals surface area contributed by atoms with Gasteiger partial charge in [-0.2, -0.15) is 5.26 Å². The summed E-state index contributed by atoms with van der Waals surface area (Å²) in [7, 11) is 0. The molecule has 81 heavy (non-hydrogen) atoms. The Morgan fingerprint density at radius 3 is 1.30 bits per heavy atom. The molecule has 5 aromatic heterocycles. The molecule has 4 saturated heterocycles. The monoisotopic (exact) mass is 1250 g/mol. The lowest BCUT2D eigenvalue weighted by Gasteiger charge is -2.33. The number of nitrogens with one attached hydrogen (secondary N) is 2. The standard InChI is InChI=1S/C16H24N2O2.C10H13N5.C9H14N4.C9H18N2O2.C6H6BrN.C5H5BrN2.4CH4/c1-12-11-14(5-8-17-12)13-6-9-18(10-7-13)15(19)20-16(2,3)4;11-8-14-3-5-15(6-4-14)9-1-2-13-10(12)7-9;10-9-7-8(1-2-12-9)13-5-3-11-4-6-13;1-9(2,3)13-8(12)11-6-4-10-5-7-11;1-5-4-6(7)2-3-8-5;6-4-1-2-8-5(7)3-4;;;;/h5,8,11,13H,6-7,9-10H2,1-4H3;1-2,7H,3-6H2,(H2,12,13);1-2,7,11H,3-6H2,(H2,10,12);10H,4-7H2,1-3H3;2-4H,1H3;1-3H,(H2,7,8);4*1H4. The third-order valence-electron chi connectivity index (χ3n) is 11.7. The number of carbonyl (C=O) groups excluding carboxylic acids is 2. The van der Waals surface area contributed by atoms with Crippen LogP contribution in [0.3, 0.4) is 0 Å². The van der Waals surface area contributed by atoms with Gasteiger partial charge < -0.3 is 61.8 Å². The van der Waals surface area contributed by atoms with E-state index in [1.54, 1.807) is 40.7 Å². The van der Waals surface area contributed by atoms with Gasteiger partial charge >= 0.3 is 12.2 Å². The zero-order valence-electron chi connectivity index (χ0n) is 46.1. The second-order valence-corrected chi connectivity index (χ2v) is 22.2. The van der Waals surface area contributed by atoms with Crippen molar-refractivity contribution >= 4 is 72.9 Å². The molecule has 0 radical (unpaired) electrons. The van der Waals surface area contributed by atoms with Gasteiger partial charge in [-0.25, -0.2) is 24.5 Å². The normalized spacial score (nSPS) is 14.8. The molecular weight excluding hydrogens is 1160 g/mol. The maximum Gasteiger partial charge on any atom is 0.410 e. The first-order valence-corrected chi connectivity index (χ1v) is 27.5. The minimum Gasteiger partial charge on any atom is -0.444 e. The van der Waals surface area contributed by atoms with Crippen molar-refractivity contribution in [1.82, 2.24) is 50.3 Å². The second-order valence-electron chi connectivity index (χ2n) is 20.4. The number of amides is 2. The van der Waals surface area contributed by atoms with Gasteiger partial charge in [-0.05, 0) is 128 Å². The number of hydrogen-bond donors (Lipinski definition) is 5. The minimum absolute atomic E-state index is 0. The van der Waals surface area contributed by atoms with Gasteiger partial charge in [0.15, 0.2) is 6.19 Å². The quantitative estimate of drug-likeness (QED) is 0.105. The van der Waals surface area contributed by atoms with Crippen molar-refractivity contribution in [3.8, 4) is 6.19 Å².